The normalized spacial score (nSPS) is 17.8. The van der Waals surface area contributed by atoms with Crippen LogP contribution in [0.25, 0.3) is 0 Å². The van der Waals surface area contributed by atoms with Crippen molar-refractivity contribution in [3.63, 3.8) is 0 Å². The van der Waals surface area contributed by atoms with Gasteiger partial charge in [0.15, 0.2) is 11.4 Å². The number of rotatable bonds is 8. The van der Waals surface area contributed by atoms with Crippen LogP contribution in [0.1, 0.15) is 61.1 Å². The van der Waals surface area contributed by atoms with Crippen molar-refractivity contribution in [2.75, 3.05) is 7.11 Å². The Labute approximate surface area is 187 Å². The van der Waals surface area contributed by atoms with Crippen molar-refractivity contribution in [2.24, 2.45) is 0 Å². The number of methoxy groups -OCH3 is 1. The molecule has 8 nitrogen and oxygen atoms in total. The number of carbonyl (C=O) groups is 3. The maximum absolute atomic E-state index is 12.8. The van der Waals surface area contributed by atoms with Gasteiger partial charge in [-0.2, -0.15) is 0 Å². The summed E-state index contributed by atoms with van der Waals surface area (Å²) in [6.07, 6.45) is 2.49. The predicted molar refractivity (Wildman–Crippen MR) is 117 cm³/mol. The van der Waals surface area contributed by atoms with E-state index >= 15 is 0 Å². The Balaban J connectivity index is 1.68. The number of benzene rings is 1. The third kappa shape index (κ3) is 5.07. The molecule has 1 amide bonds. The number of amides is 1. The number of pyridine rings is 1. The number of aromatic nitrogens is 1. The topological polar surface area (TPSA) is 104 Å². The first-order chi connectivity index (χ1) is 15.3. The first-order valence-corrected chi connectivity index (χ1v) is 10.7. The average molecular weight is 440 g/mol. The van der Waals surface area contributed by atoms with Crippen LogP contribution >= 0.6 is 0 Å². The van der Waals surface area contributed by atoms with Crippen molar-refractivity contribution in [3.05, 3.63) is 53.3 Å². The summed E-state index contributed by atoms with van der Waals surface area (Å²) in [6.45, 7) is 5.40. The van der Waals surface area contributed by atoms with Gasteiger partial charge in [0.25, 0.3) is 5.91 Å². The molecule has 0 spiro atoms. The Morgan fingerprint density at radius 3 is 2.66 bits per heavy atom. The molecule has 32 heavy (non-hydrogen) atoms. The van der Waals surface area contributed by atoms with Gasteiger partial charge in [-0.3, -0.25) is 9.59 Å². The lowest BCUT2D eigenvalue weighted by Crippen LogP contribution is -2.41. The zero-order valence-electron chi connectivity index (χ0n) is 18.7. The van der Waals surface area contributed by atoms with Crippen molar-refractivity contribution >= 4 is 17.8 Å². The quantitative estimate of drug-likeness (QED) is 0.629. The number of esters is 2. The lowest BCUT2D eigenvalue weighted by molar-refractivity contribution is -0.151. The van der Waals surface area contributed by atoms with Gasteiger partial charge in [0.1, 0.15) is 12.1 Å². The highest BCUT2D eigenvalue weighted by Crippen LogP contribution is 2.35. The van der Waals surface area contributed by atoms with Crippen LogP contribution in [0.5, 0.6) is 11.5 Å². The summed E-state index contributed by atoms with van der Waals surface area (Å²) in [5.41, 5.74) is 2.19. The number of hydrogen-bond acceptors (Lipinski definition) is 7. The van der Waals surface area contributed by atoms with Gasteiger partial charge in [-0.15, -0.1) is 0 Å². The van der Waals surface area contributed by atoms with E-state index < -0.39 is 23.9 Å². The van der Waals surface area contributed by atoms with E-state index in [1.807, 2.05) is 38.1 Å². The fourth-order valence-corrected chi connectivity index (χ4v) is 3.70. The molecule has 1 aromatic carbocycles. The molecule has 1 aliphatic rings. The molecular formula is C24H28N2O6. The Kier molecular flexibility index (Phi) is 7.45. The number of hydrogen-bond donors (Lipinski definition) is 1. The zero-order chi connectivity index (χ0) is 23.3. The Hall–Kier alpha value is -3.42. The second kappa shape index (κ2) is 10.3. The summed E-state index contributed by atoms with van der Waals surface area (Å²) < 4.78 is 16.2. The van der Waals surface area contributed by atoms with E-state index in [1.54, 1.807) is 0 Å². The third-order valence-electron chi connectivity index (χ3n) is 5.47. The first kappa shape index (κ1) is 23.2. The summed E-state index contributed by atoms with van der Waals surface area (Å²) in [7, 11) is 1.40. The predicted octanol–water partition coefficient (Wildman–Crippen LogP) is 3.19. The van der Waals surface area contributed by atoms with Crippen LogP contribution in [0.3, 0.4) is 0 Å². The SMILES string of the molecule is CCCC(=O)Oc1c(OC)ccnc1C(=O)N[C@@H](C)C(=O)OC1Cc2ccccc2C1C. The largest absolute Gasteiger partial charge is 0.493 e. The van der Waals surface area contributed by atoms with Gasteiger partial charge in [-0.05, 0) is 24.5 Å². The third-order valence-corrected chi connectivity index (χ3v) is 5.47. The minimum atomic E-state index is -0.925. The molecule has 0 radical (unpaired) electrons. The highest BCUT2D eigenvalue weighted by Gasteiger charge is 2.33. The number of fused-ring (bicyclic) bond motifs is 1. The second-order valence-corrected chi connectivity index (χ2v) is 7.78. The molecular weight excluding hydrogens is 412 g/mol. The monoisotopic (exact) mass is 440 g/mol. The zero-order valence-corrected chi connectivity index (χ0v) is 18.7. The van der Waals surface area contributed by atoms with Crippen molar-refractivity contribution in [1.82, 2.24) is 10.3 Å². The molecule has 8 heteroatoms. The lowest BCUT2D eigenvalue weighted by atomic mass is 10.0. The van der Waals surface area contributed by atoms with E-state index in [4.69, 9.17) is 14.2 Å². The maximum atomic E-state index is 12.8. The van der Waals surface area contributed by atoms with Crippen LogP contribution in [-0.2, 0) is 20.7 Å². The Bertz CT molecular complexity index is 1010. The van der Waals surface area contributed by atoms with Gasteiger partial charge in [0, 0.05) is 31.0 Å². The van der Waals surface area contributed by atoms with E-state index in [2.05, 4.69) is 10.3 Å². The van der Waals surface area contributed by atoms with Gasteiger partial charge >= 0.3 is 11.9 Å². The fraction of sp³-hybridized carbons (Fsp3) is 0.417. The van der Waals surface area contributed by atoms with E-state index in [0.717, 1.165) is 5.56 Å². The molecule has 2 aromatic rings. The van der Waals surface area contributed by atoms with Gasteiger partial charge in [0.2, 0.25) is 5.75 Å². The fourth-order valence-electron chi connectivity index (χ4n) is 3.70. The number of nitrogens with zero attached hydrogens (tertiary/aromatic N) is 1. The highest BCUT2D eigenvalue weighted by molar-refractivity contribution is 5.98. The molecule has 3 atom stereocenters. The van der Waals surface area contributed by atoms with Crippen molar-refractivity contribution in [1.29, 1.82) is 0 Å². The minimum Gasteiger partial charge on any atom is -0.493 e. The first-order valence-electron chi connectivity index (χ1n) is 10.7. The molecule has 0 saturated carbocycles. The molecule has 2 unspecified atom stereocenters. The van der Waals surface area contributed by atoms with Crippen LogP contribution in [0.15, 0.2) is 36.5 Å². The summed E-state index contributed by atoms with van der Waals surface area (Å²) in [5, 5.41) is 2.58. The molecule has 1 aromatic heterocycles. The smallest absolute Gasteiger partial charge is 0.328 e. The minimum absolute atomic E-state index is 0.0719. The van der Waals surface area contributed by atoms with Gasteiger partial charge in [0.05, 0.1) is 7.11 Å². The summed E-state index contributed by atoms with van der Waals surface area (Å²) in [5.74, 6) is -1.53. The summed E-state index contributed by atoms with van der Waals surface area (Å²) >= 11 is 0. The molecule has 0 fully saturated rings. The van der Waals surface area contributed by atoms with Crippen LogP contribution in [-0.4, -0.2) is 42.1 Å². The number of carbonyl (C=O) groups excluding carboxylic acids is 3. The molecule has 3 rings (SSSR count). The molecule has 1 aliphatic carbocycles. The van der Waals surface area contributed by atoms with Crippen molar-refractivity contribution in [3.8, 4) is 11.5 Å². The average Bonchev–Trinajstić information content (AvgIpc) is 3.09. The maximum Gasteiger partial charge on any atom is 0.328 e. The van der Waals surface area contributed by atoms with Gasteiger partial charge in [-0.25, -0.2) is 9.78 Å². The van der Waals surface area contributed by atoms with Crippen LogP contribution in [0.4, 0.5) is 0 Å². The molecule has 0 aliphatic heterocycles. The standard InChI is InChI=1S/C24H28N2O6/c1-5-8-20(27)32-22-18(30-4)11-12-25-21(22)23(28)26-15(3)24(29)31-19-13-16-9-6-7-10-17(16)14(19)2/h6-7,9-12,14-15,19H,5,8,13H2,1-4H3,(H,26,28)/t14?,15-,19?/m0/s1. The van der Waals surface area contributed by atoms with Gasteiger partial charge < -0.3 is 19.5 Å². The van der Waals surface area contributed by atoms with Crippen LogP contribution in [0.2, 0.25) is 0 Å². The van der Waals surface area contributed by atoms with E-state index in [9.17, 15) is 14.4 Å². The highest BCUT2D eigenvalue weighted by atomic mass is 16.6. The molecule has 1 N–H and O–H groups in total. The summed E-state index contributed by atoms with van der Waals surface area (Å²) in [6, 6.07) is 8.56. The van der Waals surface area contributed by atoms with Crippen molar-refractivity contribution in [2.45, 2.75) is 58.1 Å². The number of ether oxygens (including phenoxy) is 3. The van der Waals surface area contributed by atoms with Crippen LogP contribution in [0, 0.1) is 0 Å². The Morgan fingerprint density at radius 2 is 1.97 bits per heavy atom. The molecule has 1 heterocycles. The van der Waals surface area contributed by atoms with Crippen LogP contribution < -0.4 is 14.8 Å². The van der Waals surface area contributed by atoms with Crippen molar-refractivity contribution < 1.29 is 28.6 Å². The molecule has 0 saturated heterocycles. The molecule has 0 bridgehead atoms. The van der Waals surface area contributed by atoms with E-state index in [1.165, 1.54) is 31.9 Å². The Morgan fingerprint density at radius 1 is 1.22 bits per heavy atom. The summed E-state index contributed by atoms with van der Waals surface area (Å²) in [4.78, 5) is 41.5. The van der Waals surface area contributed by atoms with E-state index in [-0.39, 0.29) is 35.6 Å². The van der Waals surface area contributed by atoms with E-state index in [0.29, 0.717) is 12.8 Å². The second-order valence-electron chi connectivity index (χ2n) is 7.78. The molecule has 170 valence electrons. The lowest BCUT2D eigenvalue weighted by Gasteiger charge is -2.20. The van der Waals surface area contributed by atoms with Gasteiger partial charge in [-0.1, -0.05) is 38.1 Å². The number of nitrogens with one attached hydrogen (secondary N) is 1.